The third kappa shape index (κ3) is 3.54. The lowest BCUT2D eigenvalue weighted by atomic mass is 9.86. The van der Waals surface area contributed by atoms with Crippen molar-refractivity contribution in [2.24, 2.45) is 0 Å². The number of rotatable bonds is 2. The quantitative estimate of drug-likeness (QED) is 0.843. The molecule has 1 aromatic carbocycles. The molecular formula is C18H17N3O2S. The van der Waals surface area contributed by atoms with Gasteiger partial charge in [0.05, 0.1) is 16.3 Å². The topological polar surface area (TPSA) is 72.0 Å². The number of nitrogens with one attached hydrogen (secondary N) is 1. The number of aromatic nitrogens is 2. The van der Waals surface area contributed by atoms with Crippen molar-refractivity contribution in [2.45, 2.75) is 26.2 Å². The monoisotopic (exact) mass is 339 g/mol. The first kappa shape index (κ1) is 16.4. The van der Waals surface area contributed by atoms with Crippen molar-refractivity contribution in [3.63, 3.8) is 0 Å². The van der Waals surface area contributed by atoms with Crippen LogP contribution in [0.2, 0.25) is 0 Å². The number of hydrogen-bond donors (Lipinski definition) is 1. The van der Waals surface area contributed by atoms with Crippen LogP contribution in [0.4, 0.5) is 4.79 Å². The molecule has 2 amide bonds. The van der Waals surface area contributed by atoms with Gasteiger partial charge in [-0.3, -0.25) is 14.9 Å². The second kappa shape index (κ2) is 6.20. The Labute approximate surface area is 144 Å². The molecule has 6 heteroatoms. The van der Waals surface area contributed by atoms with Crippen LogP contribution in [-0.2, 0) is 10.2 Å². The number of carbonyl (C=O) groups is 2. The molecule has 0 spiro atoms. The standard InChI is InChI=1S/C18H17N3O2S/c1-18(2,3)12-6-4-11(5-7-12)14-8-13(19-10-20-14)9-15-16(22)21-17(23)24-15/h4-10H,1-3H3,(H,21,22,23). The van der Waals surface area contributed by atoms with E-state index in [-0.39, 0.29) is 16.6 Å². The number of carbonyl (C=O) groups excluding carboxylic acids is 2. The molecule has 5 nitrogen and oxygen atoms in total. The molecule has 1 aromatic heterocycles. The smallest absolute Gasteiger partial charge is 0.282 e. The zero-order valence-corrected chi connectivity index (χ0v) is 14.5. The second-order valence-corrected chi connectivity index (χ2v) is 7.52. The van der Waals surface area contributed by atoms with Gasteiger partial charge in [-0.1, -0.05) is 45.0 Å². The van der Waals surface area contributed by atoms with E-state index in [9.17, 15) is 9.59 Å². The molecule has 122 valence electrons. The predicted molar refractivity (Wildman–Crippen MR) is 95.3 cm³/mol. The van der Waals surface area contributed by atoms with Crippen molar-refractivity contribution >= 4 is 29.0 Å². The molecule has 1 aliphatic rings. The molecule has 0 aliphatic carbocycles. The van der Waals surface area contributed by atoms with Crippen LogP contribution in [0.1, 0.15) is 32.0 Å². The van der Waals surface area contributed by atoms with Crippen LogP contribution in [0.5, 0.6) is 0 Å². The number of amides is 2. The highest BCUT2D eigenvalue weighted by molar-refractivity contribution is 8.18. The number of thioether (sulfide) groups is 1. The normalized spacial score (nSPS) is 16.5. The van der Waals surface area contributed by atoms with E-state index in [0.717, 1.165) is 23.0 Å². The molecule has 1 fully saturated rings. The van der Waals surface area contributed by atoms with Crippen molar-refractivity contribution in [2.75, 3.05) is 0 Å². The first-order chi connectivity index (χ1) is 11.3. The minimum Gasteiger partial charge on any atom is -0.282 e. The Morgan fingerprint density at radius 3 is 2.38 bits per heavy atom. The van der Waals surface area contributed by atoms with Gasteiger partial charge in [0, 0.05) is 5.56 Å². The number of benzene rings is 1. The highest BCUT2D eigenvalue weighted by Gasteiger charge is 2.25. The van der Waals surface area contributed by atoms with Gasteiger partial charge in [0.2, 0.25) is 0 Å². The maximum atomic E-state index is 11.6. The van der Waals surface area contributed by atoms with E-state index in [1.807, 2.05) is 12.1 Å². The molecule has 0 radical (unpaired) electrons. The SMILES string of the molecule is CC(C)(C)c1ccc(-c2cc(C=C3SC(=O)NC3=O)ncn2)cc1. The van der Waals surface area contributed by atoms with Crippen LogP contribution < -0.4 is 5.32 Å². The molecule has 0 saturated carbocycles. The number of nitrogens with zero attached hydrogens (tertiary/aromatic N) is 2. The van der Waals surface area contributed by atoms with E-state index in [0.29, 0.717) is 10.6 Å². The Hall–Kier alpha value is -2.47. The lowest BCUT2D eigenvalue weighted by molar-refractivity contribution is -0.115. The molecule has 1 aliphatic heterocycles. The number of imide groups is 1. The van der Waals surface area contributed by atoms with Gasteiger partial charge in [-0.05, 0) is 34.9 Å². The second-order valence-electron chi connectivity index (χ2n) is 6.51. The average molecular weight is 339 g/mol. The van der Waals surface area contributed by atoms with Crippen molar-refractivity contribution in [1.82, 2.24) is 15.3 Å². The van der Waals surface area contributed by atoms with Gasteiger partial charge in [-0.15, -0.1) is 0 Å². The Kier molecular flexibility index (Phi) is 4.24. The van der Waals surface area contributed by atoms with Crippen molar-refractivity contribution in [3.05, 3.63) is 52.8 Å². The van der Waals surface area contributed by atoms with Crippen LogP contribution in [0.3, 0.4) is 0 Å². The molecule has 1 N–H and O–H groups in total. The Morgan fingerprint density at radius 2 is 1.79 bits per heavy atom. The first-order valence-corrected chi connectivity index (χ1v) is 8.32. The maximum absolute atomic E-state index is 11.6. The van der Waals surface area contributed by atoms with Gasteiger partial charge < -0.3 is 0 Å². The Morgan fingerprint density at radius 1 is 1.08 bits per heavy atom. The van der Waals surface area contributed by atoms with E-state index >= 15 is 0 Å². The number of hydrogen-bond acceptors (Lipinski definition) is 5. The fourth-order valence-electron chi connectivity index (χ4n) is 2.31. The molecule has 3 rings (SSSR count). The lowest BCUT2D eigenvalue weighted by Gasteiger charge is -2.19. The lowest BCUT2D eigenvalue weighted by Crippen LogP contribution is -2.17. The fraction of sp³-hybridized carbons (Fsp3) is 0.222. The van der Waals surface area contributed by atoms with Crippen molar-refractivity contribution < 1.29 is 9.59 Å². The van der Waals surface area contributed by atoms with Gasteiger partial charge in [0.25, 0.3) is 11.1 Å². The van der Waals surface area contributed by atoms with Crippen LogP contribution in [0.25, 0.3) is 17.3 Å². The summed E-state index contributed by atoms with van der Waals surface area (Å²) in [7, 11) is 0. The van der Waals surface area contributed by atoms with Gasteiger partial charge >= 0.3 is 0 Å². The molecule has 2 heterocycles. The molecular weight excluding hydrogens is 322 g/mol. The summed E-state index contributed by atoms with van der Waals surface area (Å²) in [6.07, 6.45) is 3.05. The molecule has 24 heavy (non-hydrogen) atoms. The van der Waals surface area contributed by atoms with Gasteiger partial charge in [0.1, 0.15) is 6.33 Å². The molecule has 0 atom stereocenters. The minimum absolute atomic E-state index is 0.0966. The summed E-state index contributed by atoms with van der Waals surface area (Å²) in [4.78, 5) is 31.6. The third-order valence-electron chi connectivity index (χ3n) is 3.66. The van der Waals surface area contributed by atoms with E-state index in [2.05, 4.69) is 48.2 Å². The summed E-state index contributed by atoms with van der Waals surface area (Å²) in [5.74, 6) is -0.389. The first-order valence-electron chi connectivity index (χ1n) is 7.51. The van der Waals surface area contributed by atoms with Gasteiger partial charge in [0.15, 0.2) is 0 Å². The summed E-state index contributed by atoms with van der Waals surface area (Å²) in [5, 5.41) is 1.86. The predicted octanol–water partition coefficient (Wildman–Crippen LogP) is 3.77. The molecule has 0 unspecified atom stereocenters. The summed E-state index contributed by atoms with van der Waals surface area (Å²) in [6.45, 7) is 6.51. The van der Waals surface area contributed by atoms with Crippen LogP contribution in [-0.4, -0.2) is 21.1 Å². The van der Waals surface area contributed by atoms with Crippen LogP contribution in [0.15, 0.2) is 41.6 Å². The van der Waals surface area contributed by atoms with Crippen LogP contribution in [0, 0.1) is 0 Å². The van der Waals surface area contributed by atoms with Crippen LogP contribution >= 0.6 is 11.8 Å². The summed E-state index contributed by atoms with van der Waals surface area (Å²) >= 11 is 0.876. The molecule has 2 aromatic rings. The maximum Gasteiger partial charge on any atom is 0.290 e. The minimum atomic E-state index is -0.389. The largest absolute Gasteiger partial charge is 0.290 e. The highest BCUT2D eigenvalue weighted by atomic mass is 32.2. The molecule has 1 saturated heterocycles. The van der Waals surface area contributed by atoms with Gasteiger partial charge in [-0.2, -0.15) is 0 Å². The van der Waals surface area contributed by atoms with Crippen molar-refractivity contribution in [3.8, 4) is 11.3 Å². The Balaban J connectivity index is 1.90. The zero-order valence-electron chi connectivity index (χ0n) is 13.7. The third-order valence-corrected chi connectivity index (χ3v) is 4.47. The van der Waals surface area contributed by atoms with E-state index in [1.165, 1.54) is 11.9 Å². The van der Waals surface area contributed by atoms with E-state index in [1.54, 1.807) is 12.1 Å². The average Bonchev–Trinajstić information content (AvgIpc) is 2.84. The highest BCUT2D eigenvalue weighted by Crippen LogP contribution is 2.27. The Bertz CT molecular complexity index is 836. The van der Waals surface area contributed by atoms with E-state index in [4.69, 9.17) is 0 Å². The zero-order chi connectivity index (χ0) is 17.3. The summed E-state index contributed by atoms with van der Waals surface area (Å²) < 4.78 is 0. The molecule has 0 bridgehead atoms. The summed E-state index contributed by atoms with van der Waals surface area (Å²) in [5.41, 5.74) is 3.68. The van der Waals surface area contributed by atoms with Gasteiger partial charge in [-0.25, -0.2) is 9.97 Å². The summed E-state index contributed by atoms with van der Waals surface area (Å²) in [6, 6.07) is 10.0. The fourth-order valence-corrected chi connectivity index (χ4v) is 2.97. The van der Waals surface area contributed by atoms with Crippen molar-refractivity contribution in [1.29, 1.82) is 0 Å². The van der Waals surface area contributed by atoms with E-state index < -0.39 is 0 Å².